The number of carbonyl (C=O) groups is 2. The zero-order valence-corrected chi connectivity index (χ0v) is 17.8. The second kappa shape index (κ2) is 9.53. The van der Waals surface area contributed by atoms with E-state index in [1.54, 1.807) is 35.8 Å². The molecule has 0 spiro atoms. The van der Waals surface area contributed by atoms with Gasteiger partial charge in [0.15, 0.2) is 4.96 Å². The van der Waals surface area contributed by atoms with Crippen molar-refractivity contribution in [2.24, 2.45) is 5.92 Å². The Morgan fingerprint density at radius 1 is 1.23 bits per heavy atom. The van der Waals surface area contributed by atoms with Gasteiger partial charge in [0.1, 0.15) is 18.4 Å². The van der Waals surface area contributed by atoms with Crippen LogP contribution in [0.25, 0.3) is 4.96 Å². The third-order valence-electron chi connectivity index (χ3n) is 4.35. The van der Waals surface area contributed by atoms with Gasteiger partial charge in [0, 0.05) is 23.2 Å². The van der Waals surface area contributed by atoms with Crippen LogP contribution in [0.2, 0.25) is 0 Å². The Balaban J connectivity index is 1.65. The molecular weight excluding hydrogens is 406 g/mol. The maximum atomic E-state index is 12.6. The molecule has 1 unspecified atom stereocenters. The molecule has 9 heteroatoms. The average Bonchev–Trinajstić information content (AvgIpc) is 3.20. The van der Waals surface area contributed by atoms with Crippen molar-refractivity contribution in [3.63, 3.8) is 0 Å². The van der Waals surface area contributed by atoms with Gasteiger partial charge in [0.25, 0.3) is 11.5 Å². The van der Waals surface area contributed by atoms with E-state index in [0.717, 1.165) is 0 Å². The van der Waals surface area contributed by atoms with Gasteiger partial charge in [-0.3, -0.25) is 14.0 Å². The fourth-order valence-electron chi connectivity index (χ4n) is 2.79. The van der Waals surface area contributed by atoms with E-state index in [4.69, 9.17) is 9.47 Å². The highest BCUT2D eigenvalue weighted by Crippen LogP contribution is 2.14. The SMILES string of the molecule is CCOc1ccc(C(=O)NC(C(=O)OCc2cc(=O)n3ccsc3n2)C(C)C)cc1. The monoisotopic (exact) mass is 429 g/mol. The zero-order chi connectivity index (χ0) is 21.7. The molecule has 0 radical (unpaired) electrons. The maximum Gasteiger partial charge on any atom is 0.329 e. The molecule has 3 rings (SSSR count). The van der Waals surface area contributed by atoms with Gasteiger partial charge < -0.3 is 14.8 Å². The number of nitrogens with zero attached hydrogens (tertiary/aromatic N) is 2. The summed E-state index contributed by atoms with van der Waals surface area (Å²) in [6.07, 6.45) is 1.64. The van der Waals surface area contributed by atoms with E-state index in [0.29, 0.717) is 28.6 Å². The quantitative estimate of drug-likeness (QED) is 0.553. The van der Waals surface area contributed by atoms with E-state index in [2.05, 4.69) is 10.3 Å². The van der Waals surface area contributed by atoms with Crippen LogP contribution >= 0.6 is 11.3 Å². The second-order valence-corrected chi connectivity index (χ2v) is 7.77. The Bertz CT molecular complexity index is 1090. The van der Waals surface area contributed by atoms with Crippen LogP contribution < -0.4 is 15.6 Å². The third-order valence-corrected chi connectivity index (χ3v) is 5.11. The Morgan fingerprint density at radius 3 is 2.63 bits per heavy atom. The summed E-state index contributed by atoms with van der Waals surface area (Å²) in [5, 5.41) is 4.47. The highest BCUT2D eigenvalue weighted by molar-refractivity contribution is 7.15. The number of rotatable bonds is 8. The largest absolute Gasteiger partial charge is 0.494 e. The second-order valence-electron chi connectivity index (χ2n) is 6.90. The lowest BCUT2D eigenvalue weighted by Gasteiger charge is -2.21. The number of aromatic nitrogens is 2. The Kier molecular flexibility index (Phi) is 6.83. The van der Waals surface area contributed by atoms with Crippen molar-refractivity contribution in [1.82, 2.24) is 14.7 Å². The molecule has 0 aliphatic carbocycles. The summed E-state index contributed by atoms with van der Waals surface area (Å²) < 4.78 is 12.1. The Hall–Kier alpha value is -3.20. The lowest BCUT2D eigenvalue weighted by Crippen LogP contribution is -2.45. The van der Waals surface area contributed by atoms with Crippen LogP contribution in [0.1, 0.15) is 36.8 Å². The Morgan fingerprint density at radius 2 is 1.97 bits per heavy atom. The molecule has 1 amide bonds. The number of esters is 1. The summed E-state index contributed by atoms with van der Waals surface area (Å²) in [5.41, 5.74) is 0.530. The van der Waals surface area contributed by atoms with E-state index in [9.17, 15) is 14.4 Å². The molecule has 0 saturated carbocycles. The van der Waals surface area contributed by atoms with Gasteiger partial charge >= 0.3 is 5.97 Å². The number of benzene rings is 1. The summed E-state index contributed by atoms with van der Waals surface area (Å²) in [6.45, 7) is 5.89. The minimum atomic E-state index is -0.837. The summed E-state index contributed by atoms with van der Waals surface area (Å²) >= 11 is 1.32. The number of hydrogen-bond acceptors (Lipinski definition) is 7. The zero-order valence-electron chi connectivity index (χ0n) is 17.0. The van der Waals surface area contributed by atoms with Crippen molar-refractivity contribution >= 4 is 28.2 Å². The number of ether oxygens (including phenoxy) is 2. The highest BCUT2D eigenvalue weighted by Gasteiger charge is 2.26. The van der Waals surface area contributed by atoms with Crippen molar-refractivity contribution in [1.29, 1.82) is 0 Å². The van der Waals surface area contributed by atoms with Crippen molar-refractivity contribution in [3.8, 4) is 5.75 Å². The van der Waals surface area contributed by atoms with E-state index in [1.807, 2.05) is 20.8 Å². The predicted molar refractivity (Wildman–Crippen MR) is 113 cm³/mol. The molecule has 0 fully saturated rings. The molecule has 158 valence electrons. The van der Waals surface area contributed by atoms with Crippen molar-refractivity contribution in [2.75, 3.05) is 6.61 Å². The normalized spacial score (nSPS) is 12.0. The molecule has 1 atom stereocenters. The lowest BCUT2D eigenvalue weighted by molar-refractivity contribution is -0.148. The van der Waals surface area contributed by atoms with Gasteiger partial charge in [0.05, 0.1) is 12.3 Å². The fourth-order valence-corrected chi connectivity index (χ4v) is 3.53. The number of fused-ring (bicyclic) bond motifs is 1. The molecule has 1 aromatic carbocycles. The van der Waals surface area contributed by atoms with Crippen LogP contribution in [-0.2, 0) is 16.1 Å². The van der Waals surface area contributed by atoms with Gasteiger partial charge in [0.2, 0.25) is 0 Å². The summed E-state index contributed by atoms with van der Waals surface area (Å²) in [7, 11) is 0. The van der Waals surface area contributed by atoms with Gasteiger partial charge in [-0.2, -0.15) is 0 Å². The van der Waals surface area contributed by atoms with Crippen molar-refractivity contribution in [2.45, 2.75) is 33.4 Å². The van der Waals surface area contributed by atoms with Crippen LogP contribution in [0.15, 0.2) is 46.7 Å². The van der Waals surface area contributed by atoms with Crippen molar-refractivity contribution in [3.05, 3.63) is 63.5 Å². The summed E-state index contributed by atoms with van der Waals surface area (Å²) in [6, 6.07) is 7.16. The molecule has 1 N–H and O–H groups in total. The minimum Gasteiger partial charge on any atom is -0.494 e. The number of amides is 1. The summed E-state index contributed by atoms with van der Waals surface area (Å²) in [5.74, 6) is -0.495. The van der Waals surface area contributed by atoms with Gasteiger partial charge in [-0.15, -0.1) is 11.3 Å². The highest BCUT2D eigenvalue weighted by atomic mass is 32.1. The van der Waals surface area contributed by atoms with Crippen molar-refractivity contribution < 1.29 is 19.1 Å². The first-order valence-corrected chi connectivity index (χ1v) is 10.4. The predicted octanol–water partition coefficient (Wildman–Crippen LogP) is 2.65. The van der Waals surface area contributed by atoms with Gasteiger partial charge in [-0.25, -0.2) is 9.78 Å². The van der Waals surface area contributed by atoms with Gasteiger partial charge in [-0.1, -0.05) is 13.8 Å². The van der Waals surface area contributed by atoms with E-state index in [-0.39, 0.29) is 24.0 Å². The number of thiazole rings is 1. The van der Waals surface area contributed by atoms with Gasteiger partial charge in [-0.05, 0) is 37.1 Å². The molecular formula is C21H23N3O5S. The molecule has 0 aliphatic rings. The topological polar surface area (TPSA) is 99.0 Å². The molecule has 30 heavy (non-hydrogen) atoms. The van der Waals surface area contributed by atoms with E-state index >= 15 is 0 Å². The summed E-state index contributed by atoms with van der Waals surface area (Å²) in [4.78, 5) is 42.0. The molecule has 8 nitrogen and oxygen atoms in total. The first kappa shape index (κ1) is 21.5. The molecule has 0 bridgehead atoms. The molecule has 2 aromatic heterocycles. The molecule has 0 aliphatic heterocycles. The standard InChI is InChI=1S/C21H23N3O5S/c1-4-28-16-7-5-14(6-8-16)19(26)23-18(13(2)3)20(27)29-12-15-11-17(25)24-9-10-30-21(24)22-15/h5-11,13,18H,4,12H2,1-3H3,(H,23,26). The van der Waals surface area contributed by atoms with Crippen LogP contribution in [-0.4, -0.2) is 33.9 Å². The van der Waals surface area contributed by atoms with Crippen LogP contribution in [0.5, 0.6) is 5.75 Å². The van der Waals surface area contributed by atoms with Crippen LogP contribution in [0, 0.1) is 5.92 Å². The Labute approximate surface area is 177 Å². The maximum absolute atomic E-state index is 12.6. The van der Waals surface area contributed by atoms with Crippen LogP contribution in [0.3, 0.4) is 0 Å². The number of nitrogens with one attached hydrogen (secondary N) is 1. The minimum absolute atomic E-state index is 0.148. The number of hydrogen-bond donors (Lipinski definition) is 1. The van der Waals surface area contributed by atoms with E-state index < -0.39 is 12.0 Å². The smallest absolute Gasteiger partial charge is 0.329 e. The first-order chi connectivity index (χ1) is 14.4. The number of carbonyl (C=O) groups excluding carboxylic acids is 2. The average molecular weight is 429 g/mol. The molecule has 2 heterocycles. The van der Waals surface area contributed by atoms with Crippen LogP contribution in [0.4, 0.5) is 0 Å². The fraction of sp³-hybridized carbons (Fsp3) is 0.333. The lowest BCUT2D eigenvalue weighted by atomic mass is 10.0. The van der Waals surface area contributed by atoms with E-state index in [1.165, 1.54) is 21.8 Å². The molecule has 0 saturated heterocycles. The molecule has 3 aromatic rings. The first-order valence-electron chi connectivity index (χ1n) is 9.55. The third kappa shape index (κ3) is 5.04.